The normalized spacial score (nSPS) is 10.7. The summed E-state index contributed by atoms with van der Waals surface area (Å²) in [6, 6.07) is 0. The van der Waals surface area contributed by atoms with Crippen LogP contribution in [0.4, 0.5) is 0 Å². The molecule has 0 radical (unpaired) electrons. The summed E-state index contributed by atoms with van der Waals surface area (Å²) in [5, 5.41) is 17.9. The van der Waals surface area contributed by atoms with E-state index in [1.807, 2.05) is 38.5 Å². The van der Waals surface area contributed by atoms with Crippen LogP contribution in [0.3, 0.4) is 0 Å². The summed E-state index contributed by atoms with van der Waals surface area (Å²) in [6.07, 6.45) is 0. The molecule has 3 nitrogen and oxygen atoms in total. The number of hydrogen-bond donors (Lipinski definition) is 0. The molecule has 0 spiro atoms. The van der Waals surface area contributed by atoms with Crippen molar-refractivity contribution in [1.29, 1.82) is 10.5 Å². The Morgan fingerprint density at radius 1 is 1.29 bits per heavy atom. The zero-order valence-corrected chi connectivity index (χ0v) is 10.9. The third-order valence-electron chi connectivity index (χ3n) is 1.36. The smallest absolute Gasteiger partial charge is 0.324 e. The van der Waals surface area contributed by atoms with Gasteiger partial charge in [-0.1, -0.05) is 18.9 Å². The van der Waals surface area contributed by atoms with Gasteiger partial charge in [-0.25, -0.2) is 15.0 Å². The van der Waals surface area contributed by atoms with E-state index in [4.69, 9.17) is 10.5 Å². The fourth-order valence-electron chi connectivity index (χ4n) is 0.733. The van der Waals surface area contributed by atoms with E-state index in [9.17, 15) is 0 Å². The van der Waals surface area contributed by atoms with Gasteiger partial charge < -0.3 is 11.6 Å². The highest BCUT2D eigenvalue weighted by Gasteiger charge is 2.32. The molecule has 0 aromatic heterocycles. The second-order valence-corrected chi connectivity index (χ2v) is 10.1. The highest BCUT2D eigenvalue weighted by molar-refractivity contribution is 8.31. The molecule has 74 valence electrons. The highest BCUT2D eigenvalue weighted by Crippen LogP contribution is 2.18. The predicted molar refractivity (Wildman–Crippen MR) is 65.7 cm³/mol. The molecular weight excluding hydrogens is 209 g/mol. The second kappa shape index (κ2) is 5.10. The Morgan fingerprint density at radius 2 is 1.79 bits per heavy atom. The van der Waals surface area contributed by atoms with Gasteiger partial charge in [-0.15, -0.1) is 0 Å². The predicted octanol–water partition coefficient (Wildman–Crippen LogP) is 2.52. The summed E-state index contributed by atoms with van der Waals surface area (Å²) in [6.45, 7) is 8.07. The lowest BCUT2D eigenvalue weighted by atomic mass is 9.52. The van der Waals surface area contributed by atoms with Gasteiger partial charge in [-0.3, -0.25) is 0 Å². The Labute approximate surface area is 90.8 Å². The van der Waals surface area contributed by atoms with Crippen molar-refractivity contribution in [2.24, 2.45) is 0 Å². The topological polar surface area (TPSA) is 51.9 Å². The zero-order valence-electron chi connectivity index (χ0n) is 9.03. The lowest BCUT2D eigenvalue weighted by Gasteiger charge is -2.11. The maximum Gasteiger partial charge on any atom is 0.492 e. The number of rotatable bonds is 2. The van der Waals surface area contributed by atoms with Crippen LogP contribution < -0.4 is 0 Å². The first kappa shape index (κ1) is 13.1. The number of hydrogen-bond acceptors (Lipinski definition) is 3. The Kier molecular flexibility index (Phi) is 4.77. The van der Waals surface area contributed by atoms with Crippen molar-refractivity contribution in [3.8, 4) is 17.9 Å². The minimum Gasteiger partial charge on any atom is -0.324 e. The summed E-state index contributed by atoms with van der Waals surface area (Å²) < 4.78 is 4.24. The maximum absolute atomic E-state index is 8.93. The van der Waals surface area contributed by atoms with Crippen molar-refractivity contribution in [3.05, 3.63) is 4.51 Å². The molecule has 6 heteroatoms. The molecule has 0 rings (SSSR count). The van der Waals surface area contributed by atoms with Gasteiger partial charge in [0.1, 0.15) is 0 Å². The monoisotopic (exact) mass is 223 g/mol. The molecule has 0 bridgehead atoms. The van der Waals surface area contributed by atoms with Gasteiger partial charge in [0.05, 0.1) is 5.97 Å². The van der Waals surface area contributed by atoms with E-state index in [1.54, 1.807) is 0 Å². The van der Waals surface area contributed by atoms with Crippen molar-refractivity contribution in [2.45, 2.75) is 26.6 Å². The maximum atomic E-state index is 8.93. The average molecular weight is 223 g/mol. The molecule has 0 aromatic carbocycles. The van der Waals surface area contributed by atoms with Gasteiger partial charge in [0, 0.05) is 19.6 Å². The molecule has 0 aliphatic carbocycles. The van der Waals surface area contributed by atoms with Gasteiger partial charge in [-0.05, 0) is 5.75 Å². The highest BCUT2D eigenvalue weighted by atomic mass is 32.2. The van der Waals surface area contributed by atoms with E-state index in [2.05, 4.69) is 10.5 Å². The van der Waals surface area contributed by atoms with Crippen molar-refractivity contribution >= 4 is 25.3 Å². The van der Waals surface area contributed by atoms with Crippen LogP contribution in [0.1, 0.15) is 6.92 Å². The molecule has 0 saturated carbocycles. The third-order valence-corrected chi connectivity index (χ3v) is 3.31. The van der Waals surface area contributed by atoms with Crippen LogP contribution in [0.2, 0.25) is 19.6 Å². The van der Waals surface area contributed by atoms with Crippen molar-refractivity contribution in [3.63, 3.8) is 0 Å². The largest absolute Gasteiger partial charge is 0.492 e. The van der Waals surface area contributed by atoms with E-state index in [-0.39, 0.29) is 0 Å². The fraction of sp³-hybridized carbons (Fsp3) is 0.625. The lowest BCUT2D eigenvalue weighted by Crippen LogP contribution is -2.27. The summed E-state index contributed by atoms with van der Waals surface area (Å²) in [7, 11) is -1.61. The molecule has 0 fully saturated rings. The van der Waals surface area contributed by atoms with Gasteiger partial charge in [-0.2, -0.15) is 0 Å². The van der Waals surface area contributed by atoms with Crippen molar-refractivity contribution in [1.82, 2.24) is 0 Å². The lowest BCUT2D eigenvalue weighted by molar-refractivity contribution is 1.53. The van der Waals surface area contributed by atoms with Gasteiger partial charge in [0.25, 0.3) is 0 Å². The number of nitriles is 2. The van der Waals surface area contributed by atoms with Crippen LogP contribution in [-0.4, -0.2) is 19.4 Å². The molecular formula is C8H14BN3SSi. The molecule has 0 atom stereocenters. The third kappa shape index (κ3) is 4.37. The fourth-order valence-corrected chi connectivity index (χ4v) is 2.18. The summed E-state index contributed by atoms with van der Waals surface area (Å²) in [4.78, 5) is 0. The Bertz CT molecular complexity index is 325. The van der Waals surface area contributed by atoms with E-state index >= 15 is 0 Å². The van der Waals surface area contributed by atoms with E-state index < -0.39 is 13.7 Å². The van der Waals surface area contributed by atoms with Crippen LogP contribution >= 0.6 is 11.6 Å². The van der Waals surface area contributed by atoms with E-state index in [0.717, 1.165) is 5.75 Å². The summed E-state index contributed by atoms with van der Waals surface area (Å²) >= 11 is 1.32. The van der Waals surface area contributed by atoms with Crippen LogP contribution in [0.15, 0.2) is 0 Å². The molecule has 0 N–H and O–H groups in total. The Balaban J connectivity index is 4.96. The molecule has 0 unspecified atom stereocenters. The molecule has 0 aliphatic rings. The van der Waals surface area contributed by atoms with Gasteiger partial charge in [0.15, 0.2) is 0 Å². The standard InChI is InChI=1S/C8H14BN3SSi/c1-5-13-9(6-10,7-11)8-12-14(2,3)4/h5H2,1-4H3. The molecule has 0 heterocycles. The quantitative estimate of drug-likeness (QED) is 0.676. The molecule has 0 aliphatic heterocycles. The van der Waals surface area contributed by atoms with Crippen LogP contribution in [0, 0.1) is 28.4 Å². The first-order chi connectivity index (χ1) is 6.39. The average Bonchev–Trinajstić information content (AvgIpc) is 2.11. The first-order valence-electron chi connectivity index (χ1n) is 4.49. The Hall–Kier alpha value is -0.898. The minimum atomic E-state index is -1.89. The molecule has 0 saturated heterocycles. The minimum absolute atomic E-state index is 0.731. The number of nitrogens with zero attached hydrogens (tertiary/aromatic N) is 3. The first-order valence-corrected chi connectivity index (χ1v) is 8.99. The SMILES string of the molecule is CCS[B-](C#N)(C#N)C#[N+][Si](C)(C)C. The van der Waals surface area contributed by atoms with Gasteiger partial charge >= 0.3 is 13.7 Å². The summed E-state index contributed by atoms with van der Waals surface area (Å²) in [5.41, 5.74) is -1.89. The van der Waals surface area contributed by atoms with Crippen molar-refractivity contribution in [2.75, 3.05) is 5.75 Å². The molecule has 0 amide bonds. The van der Waals surface area contributed by atoms with E-state index in [0.29, 0.717) is 0 Å². The van der Waals surface area contributed by atoms with Crippen LogP contribution in [0.25, 0.3) is 4.51 Å². The second-order valence-electron chi connectivity index (χ2n) is 3.91. The van der Waals surface area contributed by atoms with E-state index in [1.165, 1.54) is 11.6 Å². The van der Waals surface area contributed by atoms with Crippen molar-refractivity contribution < 1.29 is 0 Å². The van der Waals surface area contributed by atoms with Crippen LogP contribution in [0.5, 0.6) is 0 Å². The molecule has 0 aromatic rings. The summed E-state index contributed by atoms with van der Waals surface area (Å²) in [5.74, 6) is 7.54. The molecule has 14 heavy (non-hydrogen) atoms. The van der Waals surface area contributed by atoms with Crippen LogP contribution in [-0.2, 0) is 0 Å². The zero-order chi connectivity index (χ0) is 11.2. The van der Waals surface area contributed by atoms with Gasteiger partial charge in [0.2, 0.25) is 0 Å². The Morgan fingerprint density at radius 3 is 2.07 bits per heavy atom.